The molecule has 0 aliphatic heterocycles. The van der Waals surface area contributed by atoms with E-state index in [0.717, 1.165) is 11.4 Å². The molecule has 3 aromatic rings. The number of amides is 2. The monoisotopic (exact) mass is 368 g/mol. The molecule has 26 heavy (non-hydrogen) atoms. The van der Waals surface area contributed by atoms with E-state index in [2.05, 4.69) is 15.7 Å². The van der Waals surface area contributed by atoms with Crippen LogP contribution in [0.3, 0.4) is 0 Å². The Hall–Kier alpha value is -3.12. The van der Waals surface area contributed by atoms with E-state index >= 15 is 0 Å². The molecule has 0 aliphatic carbocycles. The van der Waals surface area contributed by atoms with Gasteiger partial charge in [-0.25, -0.2) is 4.68 Å². The summed E-state index contributed by atoms with van der Waals surface area (Å²) >= 11 is 5.80. The van der Waals surface area contributed by atoms with Crippen LogP contribution < -0.4 is 10.6 Å². The standard InChI is InChI=1S/C19H17ClN4O2/c1-13-11-17(23-24(13)16-5-3-2-4-6-16)19(26)21-12-18(25)22-15-9-7-14(20)8-10-15/h2-11H,12H2,1H3,(H,21,26)(H,22,25). The van der Waals surface area contributed by atoms with Gasteiger partial charge in [-0.3, -0.25) is 9.59 Å². The van der Waals surface area contributed by atoms with Gasteiger partial charge in [0.2, 0.25) is 5.91 Å². The first-order valence-electron chi connectivity index (χ1n) is 7.98. The van der Waals surface area contributed by atoms with E-state index < -0.39 is 5.91 Å². The summed E-state index contributed by atoms with van der Waals surface area (Å²) in [5.74, 6) is -0.742. The third-order valence-corrected chi connectivity index (χ3v) is 3.91. The van der Waals surface area contributed by atoms with Crippen molar-refractivity contribution in [1.82, 2.24) is 15.1 Å². The average molecular weight is 369 g/mol. The highest BCUT2D eigenvalue weighted by Gasteiger charge is 2.14. The lowest BCUT2D eigenvalue weighted by Gasteiger charge is -2.06. The third kappa shape index (κ3) is 4.29. The summed E-state index contributed by atoms with van der Waals surface area (Å²) in [6, 6.07) is 17.9. The Balaban J connectivity index is 1.60. The van der Waals surface area contributed by atoms with Gasteiger partial charge in [0.25, 0.3) is 5.91 Å². The lowest BCUT2D eigenvalue weighted by molar-refractivity contribution is -0.115. The molecule has 2 N–H and O–H groups in total. The van der Waals surface area contributed by atoms with Gasteiger partial charge in [-0.1, -0.05) is 29.8 Å². The molecule has 3 rings (SSSR count). The summed E-state index contributed by atoms with van der Waals surface area (Å²) in [4.78, 5) is 24.2. The van der Waals surface area contributed by atoms with Crippen molar-refractivity contribution in [1.29, 1.82) is 0 Å². The molecule has 2 amide bonds. The molecule has 0 atom stereocenters. The van der Waals surface area contributed by atoms with Crippen molar-refractivity contribution >= 4 is 29.1 Å². The number of nitrogens with zero attached hydrogens (tertiary/aromatic N) is 2. The van der Waals surface area contributed by atoms with E-state index in [1.807, 2.05) is 37.3 Å². The first-order chi connectivity index (χ1) is 12.5. The largest absolute Gasteiger partial charge is 0.342 e. The lowest BCUT2D eigenvalue weighted by Crippen LogP contribution is -2.33. The maximum absolute atomic E-state index is 12.3. The number of carbonyl (C=O) groups is 2. The number of hydrogen-bond acceptors (Lipinski definition) is 3. The Bertz CT molecular complexity index is 920. The van der Waals surface area contributed by atoms with E-state index in [4.69, 9.17) is 11.6 Å². The molecule has 0 spiro atoms. The van der Waals surface area contributed by atoms with Crippen molar-refractivity contribution in [3.05, 3.63) is 77.1 Å². The second-order valence-corrected chi connectivity index (χ2v) is 6.09. The van der Waals surface area contributed by atoms with Crippen LogP contribution in [0.2, 0.25) is 5.02 Å². The SMILES string of the molecule is Cc1cc(C(=O)NCC(=O)Nc2ccc(Cl)cc2)nn1-c1ccccc1. The van der Waals surface area contributed by atoms with Gasteiger partial charge in [0, 0.05) is 16.4 Å². The van der Waals surface area contributed by atoms with Crippen LogP contribution in [-0.2, 0) is 4.79 Å². The van der Waals surface area contributed by atoms with E-state index in [0.29, 0.717) is 10.7 Å². The number of halogens is 1. The number of hydrogen-bond donors (Lipinski definition) is 2. The molecular weight excluding hydrogens is 352 g/mol. The number of aryl methyl sites for hydroxylation is 1. The lowest BCUT2D eigenvalue weighted by atomic mass is 10.3. The molecule has 1 aromatic heterocycles. The normalized spacial score (nSPS) is 10.4. The second-order valence-electron chi connectivity index (χ2n) is 5.66. The molecule has 132 valence electrons. The highest BCUT2D eigenvalue weighted by atomic mass is 35.5. The molecular formula is C19H17ClN4O2. The predicted octanol–water partition coefficient (Wildman–Crippen LogP) is 3.20. The summed E-state index contributed by atoms with van der Waals surface area (Å²) in [5.41, 5.74) is 2.56. The van der Waals surface area contributed by atoms with Crippen LogP contribution >= 0.6 is 11.6 Å². The summed E-state index contributed by atoms with van der Waals surface area (Å²) in [7, 11) is 0. The average Bonchev–Trinajstić information content (AvgIpc) is 3.04. The van der Waals surface area contributed by atoms with Crippen molar-refractivity contribution in [2.75, 3.05) is 11.9 Å². The van der Waals surface area contributed by atoms with E-state index in [1.54, 1.807) is 35.0 Å². The van der Waals surface area contributed by atoms with Gasteiger partial charge in [0.1, 0.15) is 0 Å². The molecule has 0 fully saturated rings. The van der Waals surface area contributed by atoms with Gasteiger partial charge >= 0.3 is 0 Å². The van der Waals surface area contributed by atoms with Crippen molar-refractivity contribution in [2.45, 2.75) is 6.92 Å². The summed E-state index contributed by atoms with van der Waals surface area (Å²) in [6.07, 6.45) is 0. The first-order valence-corrected chi connectivity index (χ1v) is 8.36. The zero-order valence-corrected chi connectivity index (χ0v) is 14.8. The molecule has 0 saturated carbocycles. The Morgan fingerprint density at radius 1 is 1.08 bits per heavy atom. The van der Waals surface area contributed by atoms with Crippen LogP contribution in [0.1, 0.15) is 16.2 Å². The molecule has 0 saturated heterocycles. The molecule has 0 bridgehead atoms. The van der Waals surface area contributed by atoms with E-state index in [-0.39, 0.29) is 18.1 Å². The number of rotatable bonds is 5. The molecule has 1 heterocycles. The zero-order chi connectivity index (χ0) is 18.5. The minimum absolute atomic E-state index is 0.154. The van der Waals surface area contributed by atoms with E-state index in [1.165, 1.54) is 0 Å². The third-order valence-electron chi connectivity index (χ3n) is 3.66. The zero-order valence-electron chi connectivity index (χ0n) is 14.1. The van der Waals surface area contributed by atoms with E-state index in [9.17, 15) is 9.59 Å². The maximum Gasteiger partial charge on any atom is 0.272 e. The van der Waals surface area contributed by atoms with Gasteiger partial charge < -0.3 is 10.6 Å². The van der Waals surface area contributed by atoms with Gasteiger partial charge in [-0.2, -0.15) is 5.10 Å². The number of anilines is 1. The summed E-state index contributed by atoms with van der Waals surface area (Å²) < 4.78 is 1.68. The molecule has 0 radical (unpaired) electrons. The fourth-order valence-electron chi connectivity index (χ4n) is 2.41. The van der Waals surface area contributed by atoms with Crippen LogP contribution in [0.4, 0.5) is 5.69 Å². The van der Waals surface area contributed by atoms with Crippen molar-refractivity contribution in [3.63, 3.8) is 0 Å². The van der Waals surface area contributed by atoms with Gasteiger partial charge in [-0.15, -0.1) is 0 Å². The summed E-state index contributed by atoms with van der Waals surface area (Å²) in [5, 5.41) is 10.1. The maximum atomic E-state index is 12.3. The number of para-hydroxylation sites is 1. The highest BCUT2D eigenvalue weighted by Crippen LogP contribution is 2.13. The molecule has 2 aromatic carbocycles. The van der Waals surface area contributed by atoms with Gasteiger partial charge in [-0.05, 0) is 49.4 Å². The molecule has 0 aliphatic rings. The van der Waals surface area contributed by atoms with Crippen LogP contribution in [0, 0.1) is 6.92 Å². The molecule has 0 unspecified atom stereocenters. The fraction of sp³-hybridized carbons (Fsp3) is 0.105. The quantitative estimate of drug-likeness (QED) is 0.726. The second kappa shape index (κ2) is 7.84. The first kappa shape index (κ1) is 17.7. The van der Waals surface area contributed by atoms with Crippen molar-refractivity contribution in [3.8, 4) is 5.69 Å². The van der Waals surface area contributed by atoms with Gasteiger partial charge in [0.05, 0.1) is 12.2 Å². The number of nitrogens with one attached hydrogen (secondary N) is 2. The summed E-state index contributed by atoms with van der Waals surface area (Å²) in [6.45, 7) is 1.71. The van der Waals surface area contributed by atoms with Crippen molar-refractivity contribution in [2.24, 2.45) is 0 Å². The van der Waals surface area contributed by atoms with Crippen LogP contribution in [0.5, 0.6) is 0 Å². The highest BCUT2D eigenvalue weighted by molar-refractivity contribution is 6.30. The van der Waals surface area contributed by atoms with Crippen LogP contribution in [0.15, 0.2) is 60.7 Å². The van der Waals surface area contributed by atoms with Crippen LogP contribution in [-0.4, -0.2) is 28.1 Å². The molecule has 6 nitrogen and oxygen atoms in total. The van der Waals surface area contributed by atoms with Crippen molar-refractivity contribution < 1.29 is 9.59 Å². The smallest absolute Gasteiger partial charge is 0.272 e. The Kier molecular flexibility index (Phi) is 5.34. The number of aromatic nitrogens is 2. The Labute approximate surface area is 155 Å². The van der Waals surface area contributed by atoms with Gasteiger partial charge in [0.15, 0.2) is 5.69 Å². The molecule has 7 heteroatoms. The minimum Gasteiger partial charge on any atom is -0.342 e. The number of benzene rings is 2. The number of carbonyl (C=O) groups excluding carboxylic acids is 2. The Morgan fingerprint density at radius 3 is 2.46 bits per heavy atom. The fourth-order valence-corrected chi connectivity index (χ4v) is 2.53. The predicted molar refractivity (Wildman–Crippen MR) is 101 cm³/mol. The topological polar surface area (TPSA) is 76.0 Å². The minimum atomic E-state index is -0.408. The Morgan fingerprint density at radius 2 is 1.77 bits per heavy atom. The van der Waals surface area contributed by atoms with Crippen LogP contribution in [0.25, 0.3) is 5.69 Å².